The highest BCUT2D eigenvalue weighted by Crippen LogP contribution is 2.32. The van der Waals surface area contributed by atoms with Crippen LogP contribution in [0.5, 0.6) is 11.5 Å². The minimum Gasteiger partial charge on any atom is -0.457 e. The third-order valence-corrected chi connectivity index (χ3v) is 3.14. The molecule has 0 radical (unpaired) electrons. The average molecular weight is 280 g/mol. The van der Waals surface area contributed by atoms with E-state index in [1.54, 1.807) is 43.4 Å². The molecule has 0 bridgehead atoms. The van der Waals surface area contributed by atoms with Gasteiger partial charge in [0.2, 0.25) is 0 Å². The molecule has 4 heteroatoms. The van der Waals surface area contributed by atoms with E-state index in [0.29, 0.717) is 22.1 Å². The molecule has 2 aromatic rings. The highest BCUT2D eigenvalue weighted by atomic mass is 35.5. The lowest BCUT2D eigenvalue weighted by atomic mass is 10.1. The molecule has 0 heterocycles. The van der Waals surface area contributed by atoms with E-state index in [0.717, 1.165) is 0 Å². The molecule has 1 unspecified atom stereocenters. The summed E-state index contributed by atoms with van der Waals surface area (Å²) in [6, 6.07) is 11.7. The predicted molar refractivity (Wildman–Crippen MR) is 75.4 cm³/mol. The largest absolute Gasteiger partial charge is 0.457 e. The van der Waals surface area contributed by atoms with E-state index in [2.05, 4.69) is 5.32 Å². The third kappa shape index (κ3) is 3.25. The van der Waals surface area contributed by atoms with Crippen LogP contribution in [-0.2, 0) is 0 Å². The number of nitrogens with one attached hydrogen (secondary N) is 1. The van der Waals surface area contributed by atoms with Crippen molar-refractivity contribution in [2.24, 2.45) is 0 Å². The molecule has 0 fully saturated rings. The van der Waals surface area contributed by atoms with Crippen LogP contribution in [0.15, 0.2) is 42.5 Å². The van der Waals surface area contributed by atoms with Gasteiger partial charge in [0.1, 0.15) is 17.3 Å². The fraction of sp³-hybridized carbons (Fsp3) is 0.200. The molecule has 2 nitrogen and oxygen atoms in total. The first-order chi connectivity index (χ1) is 9.11. The van der Waals surface area contributed by atoms with Crippen LogP contribution >= 0.6 is 11.6 Å². The molecule has 0 aliphatic carbocycles. The zero-order valence-corrected chi connectivity index (χ0v) is 11.5. The fourth-order valence-electron chi connectivity index (χ4n) is 1.83. The minimum absolute atomic E-state index is 0.143. The Kier molecular flexibility index (Phi) is 4.40. The Labute approximate surface area is 117 Å². The molecule has 2 aromatic carbocycles. The van der Waals surface area contributed by atoms with Gasteiger partial charge in [0.25, 0.3) is 0 Å². The van der Waals surface area contributed by atoms with E-state index in [9.17, 15) is 4.39 Å². The van der Waals surface area contributed by atoms with Gasteiger partial charge in [0.05, 0.1) is 0 Å². The molecule has 0 saturated carbocycles. The quantitative estimate of drug-likeness (QED) is 0.886. The smallest absolute Gasteiger partial charge is 0.135 e. The number of rotatable bonds is 4. The zero-order valence-electron chi connectivity index (χ0n) is 10.8. The van der Waals surface area contributed by atoms with Gasteiger partial charge in [-0.3, -0.25) is 0 Å². The monoisotopic (exact) mass is 279 g/mol. The number of hydrogen-bond donors (Lipinski definition) is 1. The van der Waals surface area contributed by atoms with Gasteiger partial charge in [0.15, 0.2) is 0 Å². The molecular weight excluding hydrogens is 265 g/mol. The van der Waals surface area contributed by atoms with Crippen LogP contribution in [0.1, 0.15) is 18.5 Å². The van der Waals surface area contributed by atoms with Crippen LogP contribution in [0.25, 0.3) is 0 Å². The summed E-state index contributed by atoms with van der Waals surface area (Å²) >= 11 is 5.91. The van der Waals surface area contributed by atoms with Crippen LogP contribution in [0, 0.1) is 5.82 Å². The lowest BCUT2D eigenvalue weighted by molar-refractivity contribution is 0.452. The van der Waals surface area contributed by atoms with E-state index in [4.69, 9.17) is 16.3 Å². The van der Waals surface area contributed by atoms with Gasteiger partial charge in [0, 0.05) is 16.6 Å². The summed E-state index contributed by atoms with van der Waals surface area (Å²) in [5.74, 6) is 0.785. The lowest BCUT2D eigenvalue weighted by Gasteiger charge is -2.17. The van der Waals surface area contributed by atoms with Crippen molar-refractivity contribution in [1.82, 2.24) is 5.32 Å². The van der Waals surface area contributed by atoms with Crippen LogP contribution in [0.2, 0.25) is 5.02 Å². The van der Waals surface area contributed by atoms with E-state index in [1.165, 1.54) is 6.07 Å². The van der Waals surface area contributed by atoms with Crippen molar-refractivity contribution in [3.8, 4) is 11.5 Å². The maximum absolute atomic E-state index is 13.9. The maximum atomic E-state index is 13.9. The van der Waals surface area contributed by atoms with Crippen molar-refractivity contribution < 1.29 is 9.13 Å². The highest BCUT2D eigenvalue weighted by molar-refractivity contribution is 6.30. The first kappa shape index (κ1) is 13.8. The molecule has 1 N–H and O–H groups in total. The van der Waals surface area contributed by atoms with E-state index < -0.39 is 0 Å². The predicted octanol–water partition coefficient (Wildman–Crippen LogP) is 4.55. The average Bonchev–Trinajstić information content (AvgIpc) is 2.38. The molecule has 0 spiro atoms. The highest BCUT2D eigenvalue weighted by Gasteiger charge is 2.15. The second kappa shape index (κ2) is 6.04. The molecule has 19 heavy (non-hydrogen) atoms. The Balaban J connectivity index is 2.37. The van der Waals surface area contributed by atoms with Gasteiger partial charge in [-0.25, -0.2) is 4.39 Å². The fourth-order valence-corrected chi connectivity index (χ4v) is 2.01. The van der Waals surface area contributed by atoms with Crippen molar-refractivity contribution in [3.05, 3.63) is 58.9 Å². The van der Waals surface area contributed by atoms with Crippen LogP contribution in [0.3, 0.4) is 0 Å². The van der Waals surface area contributed by atoms with Gasteiger partial charge in [-0.05, 0) is 44.3 Å². The molecule has 2 rings (SSSR count). The molecule has 0 saturated heterocycles. The van der Waals surface area contributed by atoms with Crippen molar-refractivity contribution in [2.45, 2.75) is 13.0 Å². The summed E-state index contributed by atoms with van der Waals surface area (Å²) in [6.07, 6.45) is 0. The van der Waals surface area contributed by atoms with Crippen molar-refractivity contribution in [3.63, 3.8) is 0 Å². The van der Waals surface area contributed by atoms with Gasteiger partial charge in [-0.15, -0.1) is 0 Å². The Hall–Kier alpha value is -1.58. The number of hydrogen-bond acceptors (Lipinski definition) is 2. The summed E-state index contributed by atoms with van der Waals surface area (Å²) in [5, 5.41) is 3.59. The molecule has 100 valence electrons. The van der Waals surface area contributed by atoms with E-state index >= 15 is 0 Å². The SMILES string of the molecule is CNC(C)c1c(F)cccc1Oc1cccc(Cl)c1. The van der Waals surface area contributed by atoms with Crippen LogP contribution < -0.4 is 10.1 Å². The molecule has 0 aliphatic rings. The van der Waals surface area contributed by atoms with Crippen molar-refractivity contribution in [2.75, 3.05) is 7.05 Å². The zero-order chi connectivity index (χ0) is 13.8. The standard InChI is InChI=1S/C15H15ClFNO/c1-10(18-2)15-13(17)7-4-8-14(15)19-12-6-3-5-11(16)9-12/h3-10,18H,1-2H3. The number of halogens is 2. The summed E-state index contributed by atoms with van der Waals surface area (Å²) in [5.41, 5.74) is 0.505. The van der Waals surface area contributed by atoms with E-state index in [1.807, 2.05) is 6.92 Å². The number of benzene rings is 2. The normalized spacial score (nSPS) is 12.2. The Morgan fingerprint density at radius 3 is 2.63 bits per heavy atom. The summed E-state index contributed by atoms with van der Waals surface area (Å²) in [7, 11) is 1.78. The first-order valence-corrected chi connectivity index (χ1v) is 6.38. The Bertz CT molecular complexity index is 574. The number of ether oxygens (including phenoxy) is 1. The van der Waals surface area contributed by atoms with Crippen LogP contribution in [0.4, 0.5) is 4.39 Å². The van der Waals surface area contributed by atoms with Crippen molar-refractivity contribution in [1.29, 1.82) is 0 Å². The second-order valence-corrected chi connectivity index (χ2v) is 4.66. The van der Waals surface area contributed by atoms with Crippen LogP contribution in [-0.4, -0.2) is 7.05 Å². The molecular formula is C15H15ClFNO. The van der Waals surface area contributed by atoms with Gasteiger partial charge < -0.3 is 10.1 Å². The van der Waals surface area contributed by atoms with Crippen molar-refractivity contribution >= 4 is 11.6 Å². The summed E-state index contributed by atoms with van der Waals surface area (Å²) in [6.45, 7) is 1.88. The lowest BCUT2D eigenvalue weighted by Crippen LogP contribution is -2.14. The van der Waals surface area contributed by atoms with Gasteiger partial charge in [-0.2, -0.15) is 0 Å². The molecule has 0 aliphatic heterocycles. The van der Waals surface area contributed by atoms with Gasteiger partial charge in [-0.1, -0.05) is 23.7 Å². The minimum atomic E-state index is -0.290. The molecule has 1 atom stereocenters. The first-order valence-electron chi connectivity index (χ1n) is 6.01. The molecule has 0 aromatic heterocycles. The van der Waals surface area contributed by atoms with Gasteiger partial charge >= 0.3 is 0 Å². The maximum Gasteiger partial charge on any atom is 0.135 e. The Morgan fingerprint density at radius 1 is 1.21 bits per heavy atom. The summed E-state index contributed by atoms with van der Waals surface area (Å²) < 4.78 is 19.7. The third-order valence-electron chi connectivity index (χ3n) is 2.90. The topological polar surface area (TPSA) is 21.3 Å². The van der Waals surface area contributed by atoms with E-state index in [-0.39, 0.29) is 11.9 Å². The second-order valence-electron chi connectivity index (χ2n) is 4.22. The molecule has 0 amide bonds. The summed E-state index contributed by atoms with van der Waals surface area (Å²) in [4.78, 5) is 0. The Morgan fingerprint density at radius 2 is 1.95 bits per heavy atom.